The molecule has 1 heterocycles. The SMILES string of the molecule is O=C1CC(CS)CN1c1c(Cl)cc(F)cc1Cl. The molecule has 0 aliphatic carbocycles. The van der Waals surface area contributed by atoms with Gasteiger partial charge in [0.2, 0.25) is 5.91 Å². The number of carbonyl (C=O) groups excluding carboxylic acids is 1. The van der Waals surface area contributed by atoms with Crippen molar-refractivity contribution in [2.45, 2.75) is 6.42 Å². The van der Waals surface area contributed by atoms with Gasteiger partial charge in [-0.2, -0.15) is 12.6 Å². The van der Waals surface area contributed by atoms with Crippen LogP contribution >= 0.6 is 35.8 Å². The number of anilines is 1. The van der Waals surface area contributed by atoms with Gasteiger partial charge in [-0.15, -0.1) is 0 Å². The number of benzene rings is 1. The zero-order valence-corrected chi connectivity index (χ0v) is 11.2. The molecule has 1 saturated heterocycles. The van der Waals surface area contributed by atoms with Gasteiger partial charge >= 0.3 is 0 Å². The summed E-state index contributed by atoms with van der Waals surface area (Å²) >= 11 is 16.0. The summed E-state index contributed by atoms with van der Waals surface area (Å²) in [6, 6.07) is 2.31. The average molecular weight is 294 g/mol. The Morgan fingerprint density at radius 3 is 2.47 bits per heavy atom. The van der Waals surface area contributed by atoms with Crippen molar-refractivity contribution in [1.29, 1.82) is 0 Å². The van der Waals surface area contributed by atoms with Gasteiger partial charge in [-0.1, -0.05) is 23.2 Å². The van der Waals surface area contributed by atoms with Crippen molar-refractivity contribution in [2.75, 3.05) is 17.2 Å². The van der Waals surface area contributed by atoms with Gasteiger partial charge in [0, 0.05) is 13.0 Å². The number of halogens is 3. The molecule has 0 spiro atoms. The summed E-state index contributed by atoms with van der Waals surface area (Å²) < 4.78 is 13.1. The van der Waals surface area contributed by atoms with E-state index >= 15 is 0 Å². The Kier molecular flexibility index (Phi) is 3.85. The zero-order chi connectivity index (χ0) is 12.6. The largest absolute Gasteiger partial charge is 0.309 e. The highest BCUT2D eigenvalue weighted by atomic mass is 35.5. The Bertz CT molecular complexity index is 446. The summed E-state index contributed by atoms with van der Waals surface area (Å²) in [7, 11) is 0. The molecule has 0 saturated carbocycles. The summed E-state index contributed by atoms with van der Waals surface area (Å²) in [6.45, 7) is 0.521. The smallest absolute Gasteiger partial charge is 0.227 e. The molecule has 1 aromatic rings. The minimum atomic E-state index is -0.513. The summed E-state index contributed by atoms with van der Waals surface area (Å²) in [5, 5.41) is 0.311. The fraction of sp³-hybridized carbons (Fsp3) is 0.364. The second kappa shape index (κ2) is 5.04. The van der Waals surface area contributed by atoms with Crippen LogP contribution in [0.1, 0.15) is 6.42 Å². The molecule has 0 bridgehead atoms. The van der Waals surface area contributed by atoms with Crippen LogP contribution in [0.3, 0.4) is 0 Å². The number of rotatable bonds is 2. The Labute approximate surface area is 114 Å². The lowest BCUT2D eigenvalue weighted by Gasteiger charge is -2.19. The van der Waals surface area contributed by atoms with Crippen molar-refractivity contribution in [3.05, 3.63) is 28.0 Å². The van der Waals surface area contributed by atoms with E-state index < -0.39 is 5.82 Å². The molecule has 1 aliphatic heterocycles. The number of thiol groups is 1. The van der Waals surface area contributed by atoms with E-state index in [1.807, 2.05) is 0 Å². The molecular formula is C11H10Cl2FNOS. The van der Waals surface area contributed by atoms with Crippen molar-refractivity contribution < 1.29 is 9.18 Å². The van der Waals surface area contributed by atoms with Crippen LogP contribution in [-0.2, 0) is 4.79 Å². The number of nitrogens with zero attached hydrogens (tertiary/aromatic N) is 1. The third-order valence-corrected chi connectivity index (χ3v) is 3.81. The van der Waals surface area contributed by atoms with Crippen molar-refractivity contribution in [2.24, 2.45) is 5.92 Å². The summed E-state index contributed by atoms with van der Waals surface area (Å²) in [5.41, 5.74) is 0.393. The first-order valence-electron chi connectivity index (χ1n) is 5.08. The van der Waals surface area contributed by atoms with Gasteiger partial charge in [0.05, 0.1) is 15.7 Å². The first-order valence-corrected chi connectivity index (χ1v) is 6.47. The second-order valence-electron chi connectivity index (χ2n) is 3.98. The third-order valence-electron chi connectivity index (χ3n) is 2.71. The minimum absolute atomic E-state index is 0.0561. The van der Waals surface area contributed by atoms with Crippen LogP contribution in [0, 0.1) is 11.7 Å². The van der Waals surface area contributed by atoms with E-state index in [-0.39, 0.29) is 21.9 Å². The Hall–Kier alpha value is -0.450. The molecule has 1 atom stereocenters. The fourth-order valence-corrected chi connectivity index (χ4v) is 2.82. The lowest BCUT2D eigenvalue weighted by atomic mass is 10.1. The van der Waals surface area contributed by atoms with Crippen LogP contribution in [0.4, 0.5) is 10.1 Å². The summed E-state index contributed by atoms with van der Waals surface area (Å²) in [6.07, 6.45) is 0.424. The highest BCUT2D eigenvalue weighted by Crippen LogP contribution is 2.38. The van der Waals surface area contributed by atoms with Gasteiger partial charge in [-0.3, -0.25) is 4.79 Å². The topological polar surface area (TPSA) is 20.3 Å². The van der Waals surface area contributed by atoms with Crippen LogP contribution in [0.5, 0.6) is 0 Å². The average Bonchev–Trinajstić information content (AvgIpc) is 2.59. The van der Waals surface area contributed by atoms with Crippen LogP contribution in [-0.4, -0.2) is 18.2 Å². The fourth-order valence-electron chi connectivity index (χ4n) is 1.91. The van der Waals surface area contributed by atoms with E-state index in [1.54, 1.807) is 0 Å². The molecule has 17 heavy (non-hydrogen) atoms. The maximum Gasteiger partial charge on any atom is 0.227 e. The van der Waals surface area contributed by atoms with E-state index in [0.717, 1.165) is 12.1 Å². The number of hydrogen-bond donors (Lipinski definition) is 1. The van der Waals surface area contributed by atoms with Crippen molar-refractivity contribution in [3.63, 3.8) is 0 Å². The van der Waals surface area contributed by atoms with Crippen molar-refractivity contribution >= 4 is 47.4 Å². The van der Waals surface area contributed by atoms with Crippen molar-refractivity contribution in [3.8, 4) is 0 Å². The number of carbonyl (C=O) groups is 1. The van der Waals surface area contributed by atoms with Gasteiger partial charge < -0.3 is 4.90 Å². The van der Waals surface area contributed by atoms with Gasteiger partial charge in [0.15, 0.2) is 0 Å². The van der Waals surface area contributed by atoms with Crippen LogP contribution < -0.4 is 4.90 Å². The lowest BCUT2D eigenvalue weighted by molar-refractivity contribution is -0.117. The molecule has 6 heteroatoms. The Morgan fingerprint density at radius 1 is 1.41 bits per heavy atom. The van der Waals surface area contributed by atoms with Gasteiger partial charge in [-0.25, -0.2) is 4.39 Å². The molecule has 2 rings (SSSR count). The molecule has 0 N–H and O–H groups in total. The molecule has 0 aromatic heterocycles. The minimum Gasteiger partial charge on any atom is -0.309 e. The quantitative estimate of drug-likeness (QED) is 0.829. The molecule has 1 aliphatic rings. The predicted octanol–water partition coefficient (Wildman–Crippen LogP) is 3.42. The van der Waals surface area contributed by atoms with Crippen molar-refractivity contribution in [1.82, 2.24) is 0 Å². The molecule has 1 unspecified atom stereocenters. The van der Waals surface area contributed by atoms with Crippen LogP contribution in [0.15, 0.2) is 12.1 Å². The van der Waals surface area contributed by atoms with E-state index in [9.17, 15) is 9.18 Å². The predicted molar refractivity (Wildman–Crippen MR) is 70.7 cm³/mol. The molecule has 1 aromatic carbocycles. The molecule has 1 fully saturated rings. The molecule has 2 nitrogen and oxygen atoms in total. The van der Waals surface area contributed by atoms with E-state index in [1.165, 1.54) is 4.90 Å². The van der Waals surface area contributed by atoms with E-state index in [2.05, 4.69) is 12.6 Å². The van der Waals surface area contributed by atoms with E-state index in [4.69, 9.17) is 23.2 Å². The highest BCUT2D eigenvalue weighted by Gasteiger charge is 2.32. The lowest BCUT2D eigenvalue weighted by Crippen LogP contribution is -2.25. The Morgan fingerprint density at radius 2 is 2.00 bits per heavy atom. The number of hydrogen-bond acceptors (Lipinski definition) is 2. The summed E-state index contributed by atoms with van der Waals surface area (Å²) in [4.78, 5) is 13.3. The van der Waals surface area contributed by atoms with Gasteiger partial charge in [0.1, 0.15) is 5.82 Å². The Balaban J connectivity index is 2.38. The highest BCUT2D eigenvalue weighted by molar-refractivity contribution is 7.80. The molecular weight excluding hydrogens is 284 g/mol. The maximum absolute atomic E-state index is 13.1. The molecule has 92 valence electrons. The third kappa shape index (κ3) is 2.54. The zero-order valence-electron chi connectivity index (χ0n) is 8.79. The summed E-state index contributed by atoms with van der Waals surface area (Å²) in [5.74, 6) is 0.238. The monoisotopic (exact) mass is 293 g/mol. The first-order chi connectivity index (χ1) is 8.02. The van der Waals surface area contributed by atoms with Gasteiger partial charge in [0.25, 0.3) is 0 Å². The standard InChI is InChI=1S/C11H10Cl2FNOS/c12-8-2-7(14)3-9(13)11(8)15-4-6(5-17)1-10(15)16/h2-3,6,17H,1,4-5H2. The molecule has 0 radical (unpaired) electrons. The van der Waals surface area contributed by atoms with Crippen LogP contribution in [0.2, 0.25) is 10.0 Å². The normalized spacial score (nSPS) is 20.1. The number of amides is 1. The van der Waals surface area contributed by atoms with Crippen LogP contribution in [0.25, 0.3) is 0 Å². The second-order valence-corrected chi connectivity index (χ2v) is 5.15. The first kappa shape index (κ1) is 13.0. The maximum atomic E-state index is 13.1. The molecule has 1 amide bonds. The van der Waals surface area contributed by atoms with E-state index in [0.29, 0.717) is 24.4 Å². The van der Waals surface area contributed by atoms with Gasteiger partial charge in [-0.05, 0) is 23.8 Å².